The molecule has 0 bridgehead atoms. The van der Waals surface area contributed by atoms with E-state index in [0.29, 0.717) is 22.2 Å². The molecule has 0 atom stereocenters. The van der Waals surface area contributed by atoms with Crippen molar-refractivity contribution in [3.63, 3.8) is 0 Å². The van der Waals surface area contributed by atoms with Gasteiger partial charge in [0.25, 0.3) is 5.56 Å². The number of aryl methyl sites for hydroxylation is 2. The van der Waals surface area contributed by atoms with Crippen molar-refractivity contribution in [2.75, 3.05) is 11.1 Å². The molecule has 22 heavy (non-hydrogen) atoms. The molecule has 0 spiro atoms. The number of anilines is 1. The Bertz CT molecular complexity index is 816. The summed E-state index contributed by atoms with van der Waals surface area (Å²) in [5.41, 5.74) is 2.42. The van der Waals surface area contributed by atoms with Gasteiger partial charge in [0, 0.05) is 17.5 Å². The predicted octanol–water partition coefficient (Wildman–Crippen LogP) is 1.63. The van der Waals surface area contributed by atoms with Crippen LogP contribution in [-0.4, -0.2) is 26.6 Å². The number of carbonyl (C=O) groups is 1. The standard InChI is InChI=1S/C14H15N5O2S/c1-7-4-11(20)19-14(16-7)22-6-12(21)18-13-10(5-15)8(2)9(3)17-13/h4,17H,6H2,1-3H3,(H,18,21)(H,16,19,20). The van der Waals surface area contributed by atoms with Crippen LogP contribution in [-0.2, 0) is 4.79 Å². The summed E-state index contributed by atoms with van der Waals surface area (Å²) in [6, 6.07) is 3.45. The molecule has 0 aliphatic heterocycles. The topological polar surface area (TPSA) is 114 Å². The minimum Gasteiger partial charge on any atom is -0.344 e. The summed E-state index contributed by atoms with van der Waals surface area (Å²) >= 11 is 1.13. The Morgan fingerprint density at radius 2 is 2.14 bits per heavy atom. The maximum absolute atomic E-state index is 12.0. The van der Waals surface area contributed by atoms with Gasteiger partial charge < -0.3 is 15.3 Å². The van der Waals surface area contributed by atoms with Crippen LogP contribution < -0.4 is 10.9 Å². The number of amides is 1. The highest BCUT2D eigenvalue weighted by Crippen LogP contribution is 2.21. The van der Waals surface area contributed by atoms with Gasteiger partial charge in [-0.05, 0) is 26.3 Å². The first kappa shape index (κ1) is 15.9. The Labute approximate surface area is 131 Å². The molecule has 0 aliphatic rings. The van der Waals surface area contributed by atoms with Crippen molar-refractivity contribution < 1.29 is 4.79 Å². The molecule has 0 radical (unpaired) electrons. The fourth-order valence-electron chi connectivity index (χ4n) is 1.88. The van der Waals surface area contributed by atoms with Crippen molar-refractivity contribution >= 4 is 23.5 Å². The van der Waals surface area contributed by atoms with E-state index in [2.05, 4.69) is 26.3 Å². The van der Waals surface area contributed by atoms with E-state index >= 15 is 0 Å². The Kier molecular flexibility index (Phi) is 4.68. The van der Waals surface area contributed by atoms with Crippen LogP contribution in [0, 0.1) is 32.1 Å². The third-order valence-corrected chi connectivity index (χ3v) is 3.94. The molecule has 2 aromatic rings. The quantitative estimate of drug-likeness (QED) is 0.585. The summed E-state index contributed by atoms with van der Waals surface area (Å²) in [5.74, 6) is 0.190. The second kappa shape index (κ2) is 6.49. The highest BCUT2D eigenvalue weighted by Gasteiger charge is 2.14. The lowest BCUT2D eigenvalue weighted by Gasteiger charge is -2.04. The van der Waals surface area contributed by atoms with E-state index in [1.165, 1.54) is 6.07 Å². The summed E-state index contributed by atoms with van der Waals surface area (Å²) in [6.45, 7) is 5.36. The number of thioether (sulfide) groups is 1. The Hall–Kier alpha value is -2.53. The largest absolute Gasteiger partial charge is 0.344 e. The molecule has 1 amide bonds. The number of hydrogen-bond acceptors (Lipinski definition) is 5. The highest BCUT2D eigenvalue weighted by atomic mass is 32.2. The summed E-state index contributed by atoms with van der Waals surface area (Å²) in [4.78, 5) is 32.9. The molecule has 2 heterocycles. The maximum atomic E-state index is 12.0. The van der Waals surface area contributed by atoms with E-state index in [4.69, 9.17) is 5.26 Å². The number of H-pyrrole nitrogens is 2. The average Bonchev–Trinajstić information content (AvgIpc) is 2.70. The molecule has 8 heteroatoms. The van der Waals surface area contributed by atoms with E-state index in [1.54, 1.807) is 6.92 Å². The van der Waals surface area contributed by atoms with Crippen molar-refractivity contribution in [2.45, 2.75) is 25.9 Å². The lowest BCUT2D eigenvalue weighted by molar-refractivity contribution is -0.113. The maximum Gasteiger partial charge on any atom is 0.251 e. The number of carbonyl (C=O) groups excluding carboxylic acids is 1. The first-order valence-corrected chi connectivity index (χ1v) is 7.49. The summed E-state index contributed by atoms with van der Waals surface area (Å²) in [5, 5.41) is 12.2. The zero-order valence-corrected chi connectivity index (χ0v) is 13.2. The molecule has 3 N–H and O–H groups in total. The predicted molar refractivity (Wildman–Crippen MR) is 83.9 cm³/mol. The Morgan fingerprint density at radius 1 is 1.41 bits per heavy atom. The molecule has 0 saturated carbocycles. The van der Waals surface area contributed by atoms with Crippen molar-refractivity contribution in [1.29, 1.82) is 5.26 Å². The molecule has 2 aromatic heterocycles. The van der Waals surface area contributed by atoms with Crippen molar-refractivity contribution in [3.8, 4) is 6.07 Å². The first-order valence-electron chi connectivity index (χ1n) is 6.50. The van der Waals surface area contributed by atoms with Crippen LogP contribution in [0.3, 0.4) is 0 Å². The van der Waals surface area contributed by atoms with E-state index in [1.807, 2.05) is 13.8 Å². The molecule has 2 rings (SSSR count). The SMILES string of the molecule is Cc1cc(=O)[nH]c(SCC(=O)Nc2[nH]c(C)c(C)c2C#N)n1. The minimum atomic E-state index is -0.285. The van der Waals surface area contributed by atoms with Crippen LogP contribution in [0.4, 0.5) is 5.82 Å². The lowest BCUT2D eigenvalue weighted by Crippen LogP contribution is -2.16. The fraction of sp³-hybridized carbons (Fsp3) is 0.286. The van der Waals surface area contributed by atoms with Crippen LogP contribution >= 0.6 is 11.8 Å². The number of rotatable bonds is 4. The molecule has 0 aromatic carbocycles. The molecule has 0 fully saturated rings. The van der Waals surface area contributed by atoms with Gasteiger partial charge in [-0.15, -0.1) is 0 Å². The molecule has 114 valence electrons. The van der Waals surface area contributed by atoms with Crippen LogP contribution in [0.15, 0.2) is 16.0 Å². The normalized spacial score (nSPS) is 10.3. The smallest absolute Gasteiger partial charge is 0.251 e. The number of nitriles is 1. The van der Waals surface area contributed by atoms with Crippen LogP contribution in [0.2, 0.25) is 0 Å². The van der Waals surface area contributed by atoms with Crippen molar-refractivity contribution in [1.82, 2.24) is 15.0 Å². The van der Waals surface area contributed by atoms with Gasteiger partial charge in [-0.3, -0.25) is 9.59 Å². The van der Waals surface area contributed by atoms with Crippen LogP contribution in [0.25, 0.3) is 0 Å². The van der Waals surface area contributed by atoms with Crippen molar-refractivity contribution in [3.05, 3.63) is 38.9 Å². The number of aromatic amines is 2. The number of aromatic nitrogens is 3. The van der Waals surface area contributed by atoms with Crippen molar-refractivity contribution in [2.24, 2.45) is 0 Å². The summed E-state index contributed by atoms with van der Waals surface area (Å²) in [6.07, 6.45) is 0. The molecular weight excluding hydrogens is 302 g/mol. The minimum absolute atomic E-state index is 0.0778. The second-order valence-electron chi connectivity index (χ2n) is 4.77. The van der Waals surface area contributed by atoms with Crippen LogP contribution in [0.5, 0.6) is 0 Å². The third kappa shape index (κ3) is 3.56. The molecule has 0 unspecified atom stereocenters. The van der Waals surface area contributed by atoms with Gasteiger partial charge in [-0.2, -0.15) is 5.26 Å². The zero-order chi connectivity index (χ0) is 16.3. The lowest BCUT2D eigenvalue weighted by atomic mass is 10.2. The first-order chi connectivity index (χ1) is 10.4. The number of nitrogens with one attached hydrogen (secondary N) is 3. The third-order valence-electron chi connectivity index (χ3n) is 3.06. The Balaban J connectivity index is 2.03. The van der Waals surface area contributed by atoms with Gasteiger partial charge in [-0.1, -0.05) is 11.8 Å². The van der Waals surface area contributed by atoms with Crippen LogP contribution in [0.1, 0.15) is 22.5 Å². The number of nitrogens with zero attached hydrogens (tertiary/aromatic N) is 2. The van der Waals surface area contributed by atoms with Gasteiger partial charge in [0.15, 0.2) is 5.16 Å². The number of hydrogen-bond donors (Lipinski definition) is 3. The van der Waals surface area contributed by atoms with Gasteiger partial charge >= 0.3 is 0 Å². The highest BCUT2D eigenvalue weighted by molar-refractivity contribution is 7.99. The van der Waals surface area contributed by atoms with E-state index in [9.17, 15) is 9.59 Å². The van der Waals surface area contributed by atoms with E-state index in [-0.39, 0.29) is 17.2 Å². The molecule has 0 aliphatic carbocycles. The molecule has 7 nitrogen and oxygen atoms in total. The second-order valence-corrected chi connectivity index (χ2v) is 5.73. The van der Waals surface area contributed by atoms with E-state index < -0.39 is 0 Å². The zero-order valence-electron chi connectivity index (χ0n) is 12.4. The van der Waals surface area contributed by atoms with Gasteiger partial charge in [0.1, 0.15) is 11.9 Å². The monoisotopic (exact) mass is 317 g/mol. The van der Waals surface area contributed by atoms with E-state index in [0.717, 1.165) is 23.0 Å². The average molecular weight is 317 g/mol. The Morgan fingerprint density at radius 3 is 2.77 bits per heavy atom. The fourth-order valence-corrected chi connectivity index (χ4v) is 2.60. The molecule has 0 saturated heterocycles. The summed E-state index contributed by atoms with van der Waals surface area (Å²) < 4.78 is 0. The summed E-state index contributed by atoms with van der Waals surface area (Å²) in [7, 11) is 0. The molecular formula is C14H15N5O2S. The van der Waals surface area contributed by atoms with Gasteiger partial charge in [0.05, 0.1) is 11.3 Å². The van der Waals surface area contributed by atoms with Gasteiger partial charge in [0.2, 0.25) is 5.91 Å². The van der Waals surface area contributed by atoms with Gasteiger partial charge in [-0.25, -0.2) is 4.98 Å².